The number of halogens is 1. The topological polar surface area (TPSA) is 57.9 Å². The highest BCUT2D eigenvalue weighted by molar-refractivity contribution is 6.30. The number of allylic oxidation sites excluding steroid dienone is 1. The Hall–Kier alpha value is -3.18. The van der Waals surface area contributed by atoms with Gasteiger partial charge in [-0.3, -0.25) is 4.79 Å². The van der Waals surface area contributed by atoms with Crippen LogP contribution in [0.5, 0.6) is 17.2 Å². The van der Waals surface area contributed by atoms with Gasteiger partial charge < -0.3 is 18.6 Å². The van der Waals surface area contributed by atoms with Gasteiger partial charge in [-0.05, 0) is 60.7 Å². The fourth-order valence-corrected chi connectivity index (χ4v) is 2.70. The van der Waals surface area contributed by atoms with Crippen molar-refractivity contribution in [1.29, 1.82) is 0 Å². The molecule has 5 nitrogen and oxygen atoms in total. The standard InChI is InChI=1S/C22H19ClO5/c1-25-21-11-6-15(12-22(21)26-2)20(24)10-9-17-7-8-19(28-17)14-27-18-5-3-4-16(23)13-18/h3-13H,14H2,1-2H3/b10-9+. The summed E-state index contributed by atoms with van der Waals surface area (Å²) in [4.78, 5) is 12.4. The van der Waals surface area contributed by atoms with Crippen molar-refractivity contribution >= 4 is 23.5 Å². The van der Waals surface area contributed by atoms with Gasteiger partial charge in [0.05, 0.1) is 14.2 Å². The lowest BCUT2D eigenvalue weighted by atomic mass is 10.1. The van der Waals surface area contributed by atoms with Crippen molar-refractivity contribution in [2.45, 2.75) is 6.61 Å². The third-order valence-corrected chi connectivity index (χ3v) is 4.16. The van der Waals surface area contributed by atoms with E-state index in [0.29, 0.717) is 39.4 Å². The van der Waals surface area contributed by atoms with Crippen molar-refractivity contribution < 1.29 is 23.4 Å². The molecule has 144 valence electrons. The van der Waals surface area contributed by atoms with Gasteiger partial charge in [-0.1, -0.05) is 17.7 Å². The lowest BCUT2D eigenvalue weighted by Gasteiger charge is -2.07. The Morgan fingerprint density at radius 3 is 2.61 bits per heavy atom. The molecule has 0 saturated carbocycles. The number of hydrogen-bond donors (Lipinski definition) is 0. The number of benzene rings is 2. The summed E-state index contributed by atoms with van der Waals surface area (Å²) in [6, 6.07) is 15.7. The van der Waals surface area contributed by atoms with E-state index in [1.54, 1.807) is 55.7 Å². The van der Waals surface area contributed by atoms with E-state index < -0.39 is 0 Å². The van der Waals surface area contributed by atoms with Crippen molar-refractivity contribution in [3.63, 3.8) is 0 Å². The van der Waals surface area contributed by atoms with Crippen molar-refractivity contribution in [2.24, 2.45) is 0 Å². The zero-order chi connectivity index (χ0) is 19.9. The lowest BCUT2D eigenvalue weighted by Crippen LogP contribution is -1.97. The summed E-state index contributed by atoms with van der Waals surface area (Å²) in [5.41, 5.74) is 0.491. The summed E-state index contributed by atoms with van der Waals surface area (Å²) in [7, 11) is 3.07. The van der Waals surface area contributed by atoms with E-state index in [1.165, 1.54) is 13.2 Å². The normalized spacial score (nSPS) is 10.8. The van der Waals surface area contributed by atoms with Gasteiger partial charge in [-0.25, -0.2) is 0 Å². The van der Waals surface area contributed by atoms with Crippen molar-refractivity contribution in [2.75, 3.05) is 14.2 Å². The molecule has 3 rings (SSSR count). The van der Waals surface area contributed by atoms with Gasteiger partial charge in [0.25, 0.3) is 0 Å². The number of ketones is 1. The van der Waals surface area contributed by atoms with Crippen LogP contribution in [0.25, 0.3) is 6.08 Å². The third kappa shape index (κ3) is 4.96. The maximum absolute atomic E-state index is 12.4. The van der Waals surface area contributed by atoms with Crippen molar-refractivity contribution in [3.8, 4) is 17.2 Å². The molecule has 0 unspecified atom stereocenters. The summed E-state index contributed by atoms with van der Waals surface area (Å²) in [6.07, 6.45) is 3.06. The minimum atomic E-state index is -0.172. The number of carbonyl (C=O) groups excluding carboxylic acids is 1. The average Bonchev–Trinajstić information content (AvgIpc) is 3.18. The quantitative estimate of drug-likeness (QED) is 0.374. The molecule has 0 amide bonds. The fraction of sp³-hybridized carbons (Fsp3) is 0.136. The molecule has 6 heteroatoms. The first-order valence-electron chi connectivity index (χ1n) is 8.50. The average molecular weight is 399 g/mol. The molecule has 0 spiro atoms. The molecule has 3 aromatic rings. The Kier molecular flexibility index (Phi) is 6.40. The van der Waals surface area contributed by atoms with Crippen LogP contribution in [-0.4, -0.2) is 20.0 Å². The summed E-state index contributed by atoms with van der Waals surface area (Å²) >= 11 is 5.93. The maximum Gasteiger partial charge on any atom is 0.186 e. The van der Waals surface area contributed by atoms with Gasteiger partial charge in [-0.2, -0.15) is 0 Å². The van der Waals surface area contributed by atoms with E-state index in [0.717, 1.165) is 0 Å². The van der Waals surface area contributed by atoms with E-state index in [4.69, 9.17) is 30.2 Å². The second kappa shape index (κ2) is 9.15. The summed E-state index contributed by atoms with van der Waals surface area (Å²) < 4.78 is 21.7. The van der Waals surface area contributed by atoms with Crippen molar-refractivity contribution in [1.82, 2.24) is 0 Å². The molecule has 0 saturated heterocycles. The molecule has 0 N–H and O–H groups in total. The predicted octanol–water partition coefficient (Wildman–Crippen LogP) is 5.43. The Labute approximate surface area is 168 Å². The van der Waals surface area contributed by atoms with Gasteiger partial charge in [0.1, 0.15) is 23.9 Å². The van der Waals surface area contributed by atoms with Crippen molar-refractivity contribution in [3.05, 3.63) is 82.8 Å². The van der Waals surface area contributed by atoms with Crippen LogP contribution in [0.3, 0.4) is 0 Å². The highest BCUT2D eigenvalue weighted by atomic mass is 35.5. The first-order chi connectivity index (χ1) is 13.6. The SMILES string of the molecule is COc1ccc(C(=O)/C=C/c2ccc(COc3cccc(Cl)c3)o2)cc1OC. The largest absolute Gasteiger partial charge is 0.493 e. The fourth-order valence-electron chi connectivity index (χ4n) is 2.52. The number of hydrogen-bond acceptors (Lipinski definition) is 5. The summed E-state index contributed by atoms with van der Waals surface area (Å²) in [6.45, 7) is 0.262. The number of methoxy groups -OCH3 is 2. The molecule has 0 aliphatic rings. The van der Waals surface area contributed by atoms with Crippen LogP contribution in [0.1, 0.15) is 21.9 Å². The third-order valence-electron chi connectivity index (χ3n) is 3.93. The molecule has 1 aromatic heterocycles. The molecule has 0 radical (unpaired) electrons. The van der Waals surface area contributed by atoms with Crippen LogP contribution in [0.15, 0.2) is 65.1 Å². The van der Waals surface area contributed by atoms with Crippen LogP contribution in [0, 0.1) is 0 Å². The molecule has 28 heavy (non-hydrogen) atoms. The van der Waals surface area contributed by atoms with Gasteiger partial charge in [-0.15, -0.1) is 0 Å². The number of rotatable bonds is 8. The molecule has 0 atom stereocenters. The molecule has 0 bridgehead atoms. The van der Waals surface area contributed by atoms with Crippen LogP contribution >= 0.6 is 11.6 Å². The summed E-state index contributed by atoms with van der Waals surface area (Å²) in [5, 5.41) is 0.606. The minimum Gasteiger partial charge on any atom is -0.493 e. The molecular weight excluding hydrogens is 380 g/mol. The zero-order valence-electron chi connectivity index (χ0n) is 15.5. The number of carbonyl (C=O) groups is 1. The minimum absolute atomic E-state index is 0.172. The van der Waals surface area contributed by atoms with Gasteiger partial charge in [0.2, 0.25) is 0 Å². The van der Waals surface area contributed by atoms with Crippen LogP contribution in [-0.2, 0) is 6.61 Å². The molecule has 2 aromatic carbocycles. The Morgan fingerprint density at radius 1 is 1.04 bits per heavy atom. The van der Waals surface area contributed by atoms with Crippen LogP contribution < -0.4 is 14.2 Å². The summed E-state index contributed by atoms with van der Waals surface area (Å²) in [5.74, 6) is 2.74. The predicted molar refractivity (Wildman–Crippen MR) is 107 cm³/mol. The van der Waals surface area contributed by atoms with E-state index in [2.05, 4.69) is 0 Å². The highest BCUT2D eigenvalue weighted by Crippen LogP contribution is 2.28. The smallest absolute Gasteiger partial charge is 0.186 e. The van der Waals surface area contributed by atoms with Gasteiger partial charge in [0, 0.05) is 10.6 Å². The maximum atomic E-state index is 12.4. The highest BCUT2D eigenvalue weighted by Gasteiger charge is 2.09. The first-order valence-corrected chi connectivity index (χ1v) is 8.88. The van der Waals surface area contributed by atoms with Gasteiger partial charge >= 0.3 is 0 Å². The van der Waals surface area contributed by atoms with E-state index >= 15 is 0 Å². The zero-order valence-corrected chi connectivity index (χ0v) is 16.2. The molecule has 0 aliphatic heterocycles. The second-order valence-electron chi connectivity index (χ2n) is 5.82. The van der Waals surface area contributed by atoms with E-state index in [-0.39, 0.29) is 12.4 Å². The molecular formula is C22H19ClO5. The lowest BCUT2D eigenvalue weighted by molar-refractivity contribution is 0.104. The Bertz CT molecular complexity index is 990. The first kappa shape index (κ1) is 19.6. The molecule has 0 aliphatic carbocycles. The van der Waals surface area contributed by atoms with Crippen LogP contribution in [0.4, 0.5) is 0 Å². The monoisotopic (exact) mass is 398 g/mol. The second-order valence-corrected chi connectivity index (χ2v) is 6.25. The van der Waals surface area contributed by atoms with E-state index in [9.17, 15) is 4.79 Å². The van der Waals surface area contributed by atoms with Crippen LogP contribution in [0.2, 0.25) is 5.02 Å². The van der Waals surface area contributed by atoms with Gasteiger partial charge in [0.15, 0.2) is 17.3 Å². The number of furan rings is 1. The number of ether oxygens (including phenoxy) is 3. The Balaban J connectivity index is 1.62. The molecule has 1 heterocycles. The Morgan fingerprint density at radius 2 is 1.86 bits per heavy atom. The van der Waals surface area contributed by atoms with E-state index in [1.807, 2.05) is 12.1 Å². The molecule has 0 fully saturated rings.